The molecule has 0 bridgehead atoms. The van der Waals surface area contributed by atoms with Crippen molar-refractivity contribution in [3.05, 3.63) is 0 Å². The molecular weight excluding hydrogens is 849 g/mol. The lowest BCUT2D eigenvalue weighted by Gasteiger charge is -2.32. The summed E-state index contributed by atoms with van der Waals surface area (Å²) in [4.78, 5) is 106. The van der Waals surface area contributed by atoms with Gasteiger partial charge >= 0.3 is 23.9 Å². The lowest BCUT2D eigenvalue weighted by Crippen LogP contribution is -2.52. The number of fused-ring (bicyclic) bond motifs is 1. The van der Waals surface area contributed by atoms with Crippen molar-refractivity contribution in [1.82, 2.24) is 26.2 Å². The van der Waals surface area contributed by atoms with E-state index >= 15 is 0 Å². The van der Waals surface area contributed by atoms with E-state index in [0.717, 1.165) is 21.6 Å². The minimum absolute atomic E-state index is 0.0194. The fourth-order valence-corrected chi connectivity index (χ4v) is 7.38. The summed E-state index contributed by atoms with van der Waals surface area (Å²) in [5.74, 6) is -8.56. The van der Waals surface area contributed by atoms with Crippen molar-refractivity contribution in [2.24, 2.45) is 37.9 Å². The summed E-state index contributed by atoms with van der Waals surface area (Å²) in [5, 5.41) is 72.9. The lowest BCUT2D eigenvalue weighted by atomic mass is 10.1. The Hall–Kier alpha value is -5.37. The first-order valence-electron chi connectivity index (χ1n) is 17.6. The molecule has 3 heterocycles. The van der Waals surface area contributed by atoms with E-state index in [4.69, 9.17) is 53.2 Å². The summed E-state index contributed by atoms with van der Waals surface area (Å²) < 4.78 is 5.43. The van der Waals surface area contributed by atoms with E-state index in [0.29, 0.717) is 0 Å². The predicted octanol–water partition coefficient (Wildman–Crippen LogP) is -7.73. The molecule has 60 heavy (non-hydrogen) atoms. The number of aliphatic hydroxyl groups is 3. The van der Waals surface area contributed by atoms with Gasteiger partial charge in [-0.05, 0) is 12.8 Å². The van der Waals surface area contributed by atoms with E-state index < -0.39 is 128 Å². The number of hydrogen-bond donors (Lipinski definition) is 15. The van der Waals surface area contributed by atoms with Gasteiger partial charge in [-0.25, -0.2) is 4.99 Å². The normalized spacial score (nSPS) is 23.5. The van der Waals surface area contributed by atoms with Gasteiger partial charge in [0.1, 0.15) is 67.4 Å². The van der Waals surface area contributed by atoms with Crippen LogP contribution in [0.3, 0.4) is 0 Å². The fraction of sp³-hybridized carbons (Fsp3) is 0.633. The number of aliphatic carboxylic acids is 4. The van der Waals surface area contributed by atoms with Gasteiger partial charge in [-0.2, -0.15) is 4.99 Å². The minimum atomic E-state index is -1.34. The Morgan fingerprint density at radius 2 is 1.25 bits per heavy atom. The van der Waals surface area contributed by atoms with Crippen molar-refractivity contribution in [3.63, 3.8) is 0 Å². The molecular formula is C30H48N12O16S2. The number of carbonyl (C=O) groups is 8. The SMILES string of the molecule is NC(CCC(=O)NC(CSSCC(NC(=O)CCC(N)C(=O)O)C(=O)NCC(=O)O)C(=O)NCC(=O)O)C(=O)O.NC1=NC2C(N=CN2C2O[C@@H](CO)[C@H](O)[C@@H]2O)C(N)=N1. The van der Waals surface area contributed by atoms with Crippen LogP contribution in [0.15, 0.2) is 15.0 Å². The third-order valence-electron chi connectivity index (χ3n) is 8.25. The number of nitrogens with two attached hydrogens (primary N) is 4. The van der Waals surface area contributed by atoms with Gasteiger partial charge in [0.25, 0.3) is 0 Å². The maximum Gasteiger partial charge on any atom is 0.322 e. The van der Waals surface area contributed by atoms with E-state index in [1.165, 1.54) is 11.2 Å². The monoisotopic (exact) mass is 896 g/mol. The largest absolute Gasteiger partial charge is 0.480 e. The highest BCUT2D eigenvalue weighted by molar-refractivity contribution is 8.76. The van der Waals surface area contributed by atoms with Crippen molar-refractivity contribution < 1.29 is 78.8 Å². The van der Waals surface area contributed by atoms with E-state index in [2.05, 4.69) is 36.2 Å². The van der Waals surface area contributed by atoms with Crippen LogP contribution in [-0.2, 0) is 43.1 Å². The molecule has 3 aliphatic rings. The third-order valence-corrected chi connectivity index (χ3v) is 10.7. The molecule has 0 aliphatic carbocycles. The standard InChI is InChI=1S/C20H32N6O12S2.C10H16N6O4/c21-9(19(35)36)1-3-13(27)25-11(17(33)23-5-15(29)30)7-39-40-8-12(18(34)24-6-16(31)32)26-14(28)4-2-10(22)20(37)38;11-7-4-8(15-10(12)14-7)16(2-13-4)9-6(19)5(18)3(1-17)20-9/h9-12H,1-8,21-22H2,(H,23,33)(H,24,34)(H,25,27)(H,26,28)(H,29,30)(H,31,32)(H,35,36)(H,37,38);2-6,8-9,17-19H,1H2,(H4,11,12,14,15)/t;3-,4?,5-,6-,8?,9?/m.0/s1. The van der Waals surface area contributed by atoms with Gasteiger partial charge in [0.2, 0.25) is 29.6 Å². The van der Waals surface area contributed by atoms with Crippen LogP contribution in [0.2, 0.25) is 0 Å². The van der Waals surface area contributed by atoms with Crippen molar-refractivity contribution >= 4 is 87.2 Å². The number of amidine groups is 1. The van der Waals surface area contributed by atoms with Gasteiger partial charge in [0.15, 0.2) is 12.4 Å². The molecule has 30 heteroatoms. The maximum absolute atomic E-state index is 12.4. The summed E-state index contributed by atoms with van der Waals surface area (Å²) in [7, 11) is 1.89. The lowest BCUT2D eigenvalue weighted by molar-refractivity contribution is -0.140. The Morgan fingerprint density at radius 3 is 1.65 bits per heavy atom. The zero-order chi connectivity index (χ0) is 45.3. The average molecular weight is 897 g/mol. The van der Waals surface area contributed by atoms with Crippen molar-refractivity contribution in [2.45, 2.75) is 86.6 Å². The molecule has 336 valence electrons. The Bertz CT molecular complexity index is 1600. The minimum Gasteiger partial charge on any atom is -0.480 e. The number of carboxylic acid groups (broad SMARTS) is 4. The number of nitrogens with one attached hydrogen (secondary N) is 4. The zero-order valence-electron chi connectivity index (χ0n) is 31.4. The molecule has 3 rings (SSSR count). The summed E-state index contributed by atoms with van der Waals surface area (Å²) in [6.07, 6.45) is -4.40. The molecule has 0 aromatic rings. The predicted molar refractivity (Wildman–Crippen MR) is 209 cm³/mol. The van der Waals surface area contributed by atoms with Crippen LogP contribution in [0.4, 0.5) is 0 Å². The zero-order valence-corrected chi connectivity index (χ0v) is 33.1. The summed E-state index contributed by atoms with van der Waals surface area (Å²) in [6.45, 7) is -1.88. The van der Waals surface area contributed by atoms with Crippen molar-refractivity contribution in [3.8, 4) is 0 Å². The molecule has 7 unspecified atom stereocenters. The summed E-state index contributed by atoms with van der Waals surface area (Å²) in [5.41, 5.74) is 22.0. The number of rotatable bonds is 23. The number of nitrogens with zero attached hydrogens (tertiary/aromatic N) is 4. The van der Waals surface area contributed by atoms with Crippen molar-refractivity contribution in [2.75, 3.05) is 31.2 Å². The Balaban J connectivity index is 0.000000508. The summed E-state index contributed by atoms with van der Waals surface area (Å²) >= 11 is 0. The van der Waals surface area contributed by atoms with Gasteiger partial charge in [-0.3, -0.25) is 43.3 Å². The van der Waals surface area contributed by atoms with E-state index in [9.17, 15) is 48.6 Å². The van der Waals surface area contributed by atoms with Crippen LogP contribution in [0.1, 0.15) is 25.7 Å². The number of carbonyl (C=O) groups excluding carboxylic acids is 4. The number of hydrogen-bond acceptors (Lipinski definition) is 22. The van der Waals surface area contributed by atoms with Gasteiger partial charge < -0.3 is 89.6 Å². The summed E-state index contributed by atoms with van der Waals surface area (Å²) in [6, 6.07) is -5.65. The molecule has 0 aromatic heterocycles. The molecule has 4 amide bonds. The number of aliphatic imine (C=N–C) groups is 3. The van der Waals surface area contributed by atoms with E-state index in [1.807, 2.05) is 0 Å². The first-order valence-corrected chi connectivity index (χ1v) is 20.0. The number of amides is 4. The Labute approximate surface area is 347 Å². The second kappa shape index (κ2) is 24.6. The molecule has 1 fully saturated rings. The van der Waals surface area contributed by atoms with Gasteiger partial charge in [-0.1, -0.05) is 21.6 Å². The fourth-order valence-electron chi connectivity index (χ4n) is 5.05. The first kappa shape index (κ1) is 50.8. The maximum atomic E-state index is 12.4. The molecule has 0 saturated carbocycles. The highest BCUT2D eigenvalue weighted by atomic mass is 33.1. The Kier molecular flexibility index (Phi) is 20.9. The molecule has 0 spiro atoms. The van der Waals surface area contributed by atoms with Crippen LogP contribution >= 0.6 is 21.6 Å². The van der Waals surface area contributed by atoms with Crippen LogP contribution < -0.4 is 44.2 Å². The quantitative estimate of drug-likeness (QED) is 0.0334. The van der Waals surface area contributed by atoms with E-state index in [1.54, 1.807) is 0 Å². The van der Waals surface area contributed by atoms with Gasteiger partial charge in [0.05, 0.1) is 12.9 Å². The third kappa shape index (κ3) is 16.4. The molecule has 1 saturated heterocycles. The van der Waals surface area contributed by atoms with Gasteiger partial charge in [-0.15, -0.1) is 0 Å². The number of ether oxygens (including phenoxy) is 1. The van der Waals surface area contributed by atoms with Crippen molar-refractivity contribution in [1.29, 1.82) is 0 Å². The molecule has 28 nitrogen and oxygen atoms in total. The molecule has 0 aromatic carbocycles. The van der Waals surface area contributed by atoms with E-state index in [-0.39, 0.29) is 49.0 Å². The van der Waals surface area contributed by atoms with Crippen LogP contribution in [-0.4, -0.2) is 198 Å². The number of carboxylic acids is 4. The van der Waals surface area contributed by atoms with Crippen LogP contribution in [0.5, 0.6) is 0 Å². The Morgan fingerprint density at radius 1 is 0.783 bits per heavy atom. The topological polar surface area (TPSA) is 480 Å². The van der Waals surface area contributed by atoms with Gasteiger partial charge in [0, 0.05) is 24.3 Å². The number of guanidine groups is 1. The average Bonchev–Trinajstić information content (AvgIpc) is 3.73. The smallest absolute Gasteiger partial charge is 0.322 e. The molecule has 3 aliphatic heterocycles. The first-order chi connectivity index (χ1) is 28.2. The molecule has 0 radical (unpaired) electrons. The highest BCUT2D eigenvalue weighted by Gasteiger charge is 2.50. The second-order valence-corrected chi connectivity index (χ2v) is 15.4. The van der Waals surface area contributed by atoms with Crippen LogP contribution in [0, 0.1) is 0 Å². The number of aliphatic hydroxyl groups excluding tert-OH is 3. The molecule has 19 N–H and O–H groups in total. The highest BCUT2D eigenvalue weighted by Crippen LogP contribution is 2.29. The van der Waals surface area contributed by atoms with Crippen LogP contribution in [0.25, 0.3) is 0 Å². The second-order valence-electron chi connectivity index (χ2n) is 12.8. The molecule has 10 atom stereocenters.